The predicted octanol–water partition coefficient (Wildman–Crippen LogP) is 0.488. The summed E-state index contributed by atoms with van der Waals surface area (Å²) in [6.45, 7) is 0. The summed E-state index contributed by atoms with van der Waals surface area (Å²) in [4.78, 5) is 10.6. The first-order valence-corrected chi connectivity index (χ1v) is 4.39. The van der Waals surface area contributed by atoms with Crippen LogP contribution in [-0.2, 0) is 4.79 Å². The molecule has 0 aliphatic rings. The van der Waals surface area contributed by atoms with Crippen LogP contribution in [-0.4, -0.2) is 17.2 Å². The highest BCUT2D eigenvalue weighted by molar-refractivity contribution is 5.68. The molecule has 0 aromatic heterocycles. The van der Waals surface area contributed by atoms with Gasteiger partial charge in [-0.25, -0.2) is 0 Å². The molecule has 0 bridgehead atoms. The van der Waals surface area contributed by atoms with Crippen LogP contribution in [0.1, 0.15) is 17.9 Å². The van der Waals surface area contributed by atoms with Crippen LogP contribution in [0.15, 0.2) is 30.3 Å². The molecule has 1 atom stereocenters. The second kappa shape index (κ2) is 4.74. The van der Waals surface area contributed by atoms with Gasteiger partial charge in [0.15, 0.2) is 0 Å². The molecule has 1 unspecified atom stereocenters. The van der Waals surface area contributed by atoms with E-state index in [0.29, 0.717) is 0 Å². The molecule has 14 heavy (non-hydrogen) atoms. The standard InChI is InChI=1S/C10H14N2O2/c11-10(12)8(6-9(13)14)7-4-2-1-3-5-7/h1-5,8,10H,6,11-12H2,(H,13,14). The summed E-state index contributed by atoms with van der Waals surface area (Å²) < 4.78 is 0. The molecule has 0 saturated heterocycles. The molecular weight excluding hydrogens is 180 g/mol. The zero-order chi connectivity index (χ0) is 10.6. The smallest absolute Gasteiger partial charge is 0.304 e. The van der Waals surface area contributed by atoms with E-state index < -0.39 is 12.1 Å². The van der Waals surface area contributed by atoms with Crippen LogP contribution in [0.5, 0.6) is 0 Å². The Hall–Kier alpha value is -1.39. The lowest BCUT2D eigenvalue weighted by Gasteiger charge is -2.18. The van der Waals surface area contributed by atoms with Crippen molar-refractivity contribution >= 4 is 5.97 Å². The summed E-state index contributed by atoms with van der Waals surface area (Å²) in [6.07, 6.45) is -0.685. The molecular formula is C10H14N2O2. The number of aliphatic carboxylic acids is 1. The molecule has 1 rings (SSSR count). The highest BCUT2D eigenvalue weighted by atomic mass is 16.4. The molecule has 0 spiro atoms. The molecule has 5 N–H and O–H groups in total. The Morgan fingerprint density at radius 2 is 1.86 bits per heavy atom. The molecule has 1 aromatic rings. The minimum absolute atomic E-state index is 0.0400. The summed E-state index contributed by atoms with van der Waals surface area (Å²) >= 11 is 0. The van der Waals surface area contributed by atoms with Crippen molar-refractivity contribution in [2.24, 2.45) is 11.5 Å². The molecule has 4 nitrogen and oxygen atoms in total. The summed E-state index contributed by atoms with van der Waals surface area (Å²) in [6, 6.07) is 9.21. The van der Waals surface area contributed by atoms with Crippen molar-refractivity contribution in [2.45, 2.75) is 18.5 Å². The van der Waals surface area contributed by atoms with Crippen LogP contribution in [0.4, 0.5) is 0 Å². The second-order valence-electron chi connectivity index (χ2n) is 3.19. The third-order valence-electron chi connectivity index (χ3n) is 2.09. The molecule has 0 saturated carbocycles. The van der Waals surface area contributed by atoms with Crippen molar-refractivity contribution in [3.8, 4) is 0 Å². The van der Waals surface area contributed by atoms with E-state index in [2.05, 4.69) is 0 Å². The van der Waals surface area contributed by atoms with Crippen LogP contribution in [0, 0.1) is 0 Å². The largest absolute Gasteiger partial charge is 0.481 e. The fraction of sp³-hybridized carbons (Fsp3) is 0.300. The zero-order valence-corrected chi connectivity index (χ0v) is 7.76. The van der Waals surface area contributed by atoms with E-state index in [1.54, 1.807) is 0 Å². The van der Waals surface area contributed by atoms with Gasteiger partial charge in [0.05, 0.1) is 12.6 Å². The van der Waals surface area contributed by atoms with E-state index in [1.807, 2.05) is 30.3 Å². The fourth-order valence-electron chi connectivity index (χ4n) is 1.36. The molecule has 0 fully saturated rings. The van der Waals surface area contributed by atoms with Gasteiger partial charge in [0.25, 0.3) is 0 Å². The highest BCUT2D eigenvalue weighted by Gasteiger charge is 2.19. The maximum atomic E-state index is 10.6. The highest BCUT2D eigenvalue weighted by Crippen LogP contribution is 2.20. The summed E-state index contributed by atoms with van der Waals surface area (Å²) in [5.74, 6) is -1.21. The van der Waals surface area contributed by atoms with E-state index in [0.717, 1.165) is 5.56 Å². The molecule has 4 heteroatoms. The van der Waals surface area contributed by atoms with Gasteiger partial charge in [-0.3, -0.25) is 4.79 Å². The topological polar surface area (TPSA) is 89.3 Å². The molecule has 0 radical (unpaired) electrons. The van der Waals surface area contributed by atoms with Crippen LogP contribution in [0.25, 0.3) is 0 Å². The fourth-order valence-corrected chi connectivity index (χ4v) is 1.36. The zero-order valence-electron chi connectivity index (χ0n) is 7.76. The van der Waals surface area contributed by atoms with Crippen molar-refractivity contribution in [2.75, 3.05) is 0 Å². The average Bonchev–Trinajstić information content (AvgIpc) is 2.15. The minimum atomic E-state index is -0.889. The molecule has 0 aliphatic heterocycles. The maximum Gasteiger partial charge on any atom is 0.304 e. The van der Waals surface area contributed by atoms with Gasteiger partial charge < -0.3 is 16.6 Å². The number of benzene rings is 1. The Balaban J connectivity index is 2.83. The summed E-state index contributed by atoms with van der Waals surface area (Å²) in [5, 5.41) is 8.68. The molecule has 1 aromatic carbocycles. The van der Waals surface area contributed by atoms with Gasteiger partial charge in [-0.15, -0.1) is 0 Å². The number of hydrogen-bond donors (Lipinski definition) is 3. The van der Waals surface area contributed by atoms with Crippen molar-refractivity contribution in [3.63, 3.8) is 0 Å². The van der Waals surface area contributed by atoms with Gasteiger partial charge in [0, 0.05) is 5.92 Å². The first-order chi connectivity index (χ1) is 6.61. The van der Waals surface area contributed by atoms with Gasteiger partial charge in [0.2, 0.25) is 0 Å². The Labute approximate surface area is 82.5 Å². The monoisotopic (exact) mass is 194 g/mol. The van der Waals surface area contributed by atoms with Gasteiger partial charge in [-0.05, 0) is 5.56 Å². The van der Waals surface area contributed by atoms with Crippen LogP contribution >= 0.6 is 0 Å². The minimum Gasteiger partial charge on any atom is -0.481 e. The van der Waals surface area contributed by atoms with Crippen molar-refractivity contribution in [1.82, 2.24) is 0 Å². The third kappa shape index (κ3) is 2.83. The maximum absolute atomic E-state index is 10.6. The van der Waals surface area contributed by atoms with E-state index in [-0.39, 0.29) is 12.3 Å². The number of carboxylic acid groups (broad SMARTS) is 1. The van der Waals surface area contributed by atoms with Gasteiger partial charge in [0.1, 0.15) is 0 Å². The normalized spacial score (nSPS) is 12.8. The van der Waals surface area contributed by atoms with E-state index in [1.165, 1.54) is 0 Å². The van der Waals surface area contributed by atoms with Crippen molar-refractivity contribution in [1.29, 1.82) is 0 Å². The first kappa shape index (κ1) is 10.7. The van der Waals surface area contributed by atoms with Crippen molar-refractivity contribution in [3.05, 3.63) is 35.9 Å². The lowest BCUT2D eigenvalue weighted by molar-refractivity contribution is -0.137. The molecule has 0 amide bonds. The van der Waals surface area contributed by atoms with E-state index >= 15 is 0 Å². The Morgan fingerprint density at radius 1 is 1.29 bits per heavy atom. The molecule has 0 aliphatic carbocycles. The van der Waals surface area contributed by atoms with Gasteiger partial charge in [-0.2, -0.15) is 0 Å². The SMILES string of the molecule is NC(N)C(CC(=O)O)c1ccccc1. The third-order valence-corrected chi connectivity index (χ3v) is 2.09. The first-order valence-electron chi connectivity index (χ1n) is 4.39. The second-order valence-corrected chi connectivity index (χ2v) is 3.19. The quantitative estimate of drug-likeness (QED) is 0.608. The Morgan fingerprint density at radius 3 is 2.29 bits per heavy atom. The van der Waals surface area contributed by atoms with Crippen LogP contribution in [0.3, 0.4) is 0 Å². The summed E-state index contributed by atoms with van der Waals surface area (Å²) in [7, 11) is 0. The Bertz CT molecular complexity index is 298. The average molecular weight is 194 g/mol. The van der Waals surface area contributed by atoms with Crippen LogP contribution < -0.4 is 11.5 Å². The number of carbonyl (C=O) groups is 1. The molecule has 76 valence electrons. The predicted molar refractivity (Wildman–Crippen MR) is 53.6 cm³/mol. The van der Waals surface area contributed by atoms with Gasteiger partial charge in [-0.1, -0.05) is 30.3 Å². The van der Waals surface area contributed by atoms with Gasteiger partial charge >= 0.3 is 5.97 Å². The number of nitrogens with two attached hydrogens (primary N) is 2. The molecule has 0 heterocycles. The lowest BCUT2D eigenvalue weighted by atomic mass is 9.93. The van der Waals surface area contributed by atoms with Crippen molar-refractivity contribution < 1.29 is 9.90 Å². The number of rotatable bonds is 4. The van der Waals surface area contributed by atoms with E-state index in [9.17, 15) is 4.79 Å². The number of carboxylic acids is 1. The number of hydrogen-bond acceptors (Lipinski definition) is 3. The summed E-state index contributed by atoms with van der Waals surface area (Å²) in [5.41, 5.74) is 11.9. The Kier molecular flexibility index (Phi) is 3.62. The van der Waals surface area contributed by atoms with E-state index in [4.69, 9.17) is 16.6 Å². The lowest BCUT2D eigenvalue weighted by Crippen LogP contribution is -2.38. The van der Waals surface area contributed by atoms with Crippen LogP contribution in [0.2, 0.25) is 0 Å².